The predicted octanol–water partition coefficient (Wildman–Crippen LogP) is 6.81. The minimum Gasteiger partial charge on any atom is -0.444 e. The fourth-order valence-electron chi connectivity index (χ4n) is 4.80. The Labute approximate surface area is 247 Å². The predicted molar refractivity (Wildman–Crippen MR) is 166 cm³/mol. The summed E-state index contributed by atoms with van der Waals surface area (Å²) in [6.07, 6.45) is 5.21. The molecular weight excluding hydrogens is 514 g/mol. The SMILES string of the molecule is CCCCCNC(=O)C(c1cccc(C)c1C)N(CCCCC)C(=O)C(Cc1ccccc1)NC(=O)OC(C)(C)C. The molecule has 0 aliphatic carbocycles. The van der Waals surface area contributed by atoms with E-state index in [1.165, 1.54) is 0 Å². The molecule has 2 aromatic rings. The smallest absolute Gasteiger partial charge is 0.408 e. The molecule has 7 heteroatoms. The lowest BCUT2D eigenvalue weighted by atomic mass is 9.94. The molecule has 2 aromatic carbocycles. The third-order valence-corrected chi connectivity index (χ3v) is 7.14. The average Bonchev–Trinajstić information content (AvgIpc) is 2.91. The Morgan fingerprint density at radius 2 is 1.54 bits per heavy atom. The van der Waals surface area contributed by atoms with Crippen LogP contribution in [0.5, 0.6) is 0 Å². The van der Waals surface area contributed by atoms with Crippen LogP contribution in [0.2, 0.25) is 0 Å². The zero-order chi connectivity index (χ0) is 30.4. The van der Waals surface area contributed by atoms with Crippen molar-refractivity contribution in [3.05, 3.63) is 70.8 Å². The summed E-state index contributed by atoms with van der Waals surface area (Å²) in [5, 5.41) is 5.94. The monoisotopic (exact) mass is 565 g/mol. The lowest BCUT2D eigenvalue weighted by Gasteiger charge is -2.35. The highest BCUT2D eigenvalue weighted by Gasteiger charge is 2.37. The van der Waals surface area contributed by atoms with Crippen molar-refractivity contribution < 1.29 is 19.1 Å². The summed E-state index contributed by atoms with van der Waals surface area (Å²) >= 11 is 0. The van der Waals surface area contributed by atoms with Gasteiger partial charge in [0.1, 0.15) is 17.7 Å². The van der Waals surface area contributed by atoms with Gasteiger partial charge in [-0.3, -0.25) is 9.59 Å². The fraction of sp³-hybridized carbons (Fsp3) is 0.559. The van der Waals surface area contributed by atoms with Gasteiger partial charge in [-0.25, -0.2) is 4.79 Å². The minimum atomic E-state index is -0.908. The molecule has 0 saturated carbocycles. The molecule has 2 unspecified atom stereocenters. The Kier molecular flexibility index (Phi) is 13.9. The number of benzene rings is 2. The molecule has 226 valence electrons. The van der Waals surface area contributed by atoms with E-state index < -0.39 is 23.8 Å². The molecule has 0 aliphatic rings. The summed E-state index contributed by atoms with van der Waals surface area (Å²) in [5.41, 5.74) is 3.03. The Morgan fingerprint density at radius 3 is 2.17 bits per heavy atom. The second-order valence-corrected chi connectivity index (χ2v) is 11.8. The van der Waals surface area contributed by atoms with Crippen LogP contribution in [-0.4, -0.2) is 47.5 Å². The quantitative estimate of drug-likeness (QED) is 0.232. The topological polar surface area (TPSA) is 87.7 Å². The van der Waals surface area contributed by atoms with Gasteiger partial charge in [-0.2, -0.15) is 0 Å². The van der Waals surface area contributed by atoms with Crippen LogP contribution in [0.3, 0.4) is 0 Å². The number of alkyl carbamates (subject to hydrolysis) is 1. The highest BCUT2D eigenvalue weighted by atomic mass is 16.6. The third-order valence-electron chi connectivity index (χ3n) is 7.14. The maximum Gasteiger partial charge on any atom is 0.408 e. The summed E-state index contributed by atoms with van der Waals surface area (Å²) in [6, 6.07) is 13.8. The second-order valence-electron chi connectivity index (χ2n) is 11.8. The Bertz CT molecular complexity index is 1110. The molecule has 0 aromatic heterocycles. The molecule has 0 radical (unpaired) electrons. The average molecular weight is 566 g/mol. The highest BCUT2D eigenvalue weighted by molar-refractivity contribution is 5.92. The zero-order valence-corrected chi connectivity index (χ0v) is 26.2. The van der Waals surface area contributed by atoms with Crippen LogP contribution < -0.4 is 10.6 Å². The molecule has 41 heavy (non-hydrogen) atoms. The number of rotatable bonds is 15. The zero-order valence-electron chi connectivity index (χ0n) is 26.2. The highest BCUT2D eigenvalue weighted by Crippen LogP contribution is 2.28. The second kappa shape index (κ2) is 16.8. The first-order chi connectivity index (χ1) is 19.5. The van der Waals surface area contributed by atoms with E-state index in [1.807, 2.05) is 62.4 Å². The standard InChI is InChI=1S/C34H51N3O4/c1-8-10-15-22-35-31(38)30(28-21-17-18-25(3)26(28)4)37(23-16-11-9-2)32(39)29(24-27-19-13-12-14-20-27)36-33(40)41-34(5,6)7/h12-14,17-21,29-30H,8-11,15-16,22-24H2,1-7H3,(H,35,38)(H,36,40). The molecule has 0 saturated heterocycles. The van der Waals surface area contributed by atoms with Gasteiger partial charge in [-0.15, -0.1) is 0 Å². The molecule has 0 spiro atoms. The van der Waals surface area contributed by atoms with Crippen molar-refractivity contribution >= 4 is 17.9 Å². The van der Waals surface area contributed by atoms with E-state index in [-0.39, 0.29) is 18.2 Å². The number of nitrogens with zero attached hydrogens (tertiary/aromatic N) is 1. The Morgan fingerprint density at radius 1 is 0.878 bits per heavy atom. The van der Waals surface area contributed by atoms with Crippen molar-refractivity contribution in [2.45, 2.75) is 111 Å². The van der Waals surface area contributed by atoms with Gasteiger partial charge >= 0.3 is 6.09 Å². The van der Waals surface area contributed by atoms with Crippen LogP contribution in [0.25, 0.3) is 0 Å². The number of unbranched alkanes of at least 4 members (excludes halogenated alkanes) is 4. The van der Waals surface area contributed by atoms with Crippen LogP contribution in [0, 0.1) is 13.8 Å². The lowest BCUT2D eigenvalue weighted by Crippen LogP contribution is -2.54. The molecule has 2 N–H and O–H groups in total. The molecule has 3 amide bonds. The summed E-state index contributed by atoms with van der Waals surface area (Å²) in [5.74, 6) is -0.499. The molecule has 0 aliphatic heterocycles. The number of ether oxygens (including phenoxy) is 1. The summed E-state index contributed by atoms with van der Waals surface area (Å²) in [4.78, 5) is 43.0. The van der Waals surface area contributed by atoms with E-state index >= 15 is 0 Å². The van der Waals surface area contributed by atoms with Crippen LogP contribution >= 0.6 is 0 Å². The van der Waals surface area contributed by atoms with Gasteiger partial charge in [-0.1, -0.05) is 88.1 Å². The first-order valence-corrected chi connectivity index (χ1v) is 15.2. The van der Waals surface area contributed by atoms with E-state index in [0.29, 0.717) is 13.1 Å². The van der Waals surface area contributed by atoms with Gasteiger partial charge in [0.15, 0.2) is 0 Å². The molecular formula is C34H51N3O4. The van der Waals surface area contributed by atoms with Crippen molar-refractivity contribution in [3.63, 3.8) is 0 Å². The number of carbonyl (C=O) groups excluding carboxylic acids is 3. The largest absolute Gasteiger partial charge is 0.444 e. The van der Waals surface area contributed by atoms with Crippen molar-refractivity contribution in [3.8, 4) is 0 Å². The molecule has 2 rings (SSSR count). The Hall–Kier alpha value is -3.35. The fourth-order valence-corrected chi connectivity index (χ4v) is 4.80. The number of nitrogens with one attached hydrogen (secondary N) is 2. The van der Waals surface area contributed by atoms with Crippen LogP contribution in [0.1, 0.15) is 101 Å². The maximum absolute atomic E-state index is 14.5. The molecule has 0 fully saturated rings. The van der Waals surface area contributed by atoms with Crippen LogP contribution in [-0.2, 0) is 20.7 Å². The summed E-state index contributed by atoms with van der Waals surface area (Å²) < 4.78 is 5.54. The van der Waals surface area contributed by atoms with Crippen LogP contribution in [0.4, 0.5) is 4.79 Å². The third kappa shape index (κ3) is 11.2. The summed E-state index contributed by atoms with van der Waals surface area (Å²) in [7, 11) is 0. The van der Waals surface area contributed by atoms with E-state index in [9.17, 15) is 14.4 Å². The van der Waals surface area contributed by atoms with E-state index in [0.717, 1.165) is 60.8 Å². The van der Waals surface area contributed by atoms with Crippen molar-refractivity contribution in [1.29, 1.82) is 0 Å². The van der Waals surface area contributed by atoms with Crippen molar-refractivity contribution in [1.82, 2.24) is 15.5 Å². The van der Waals surface area contributed by atoms with Gasteiger partial charge in [-0.05, 0) is 69.7 Å². The van der Waals surface area contributed by atoms with Gasteiger partial charge in [0, 0.05) is 19.5 Å². The van der Waals surface area contributed by atoms with E-state index in [1.54, 1.807) is 25.7 Å². The first-order valence-electron chi connectivity index (χ1n) is 15.2. The molecule has 2 atom stereocenters. The number of hydrogen-bond acceptors (Lipinski definition) is 4. The van der Waals surface area contributed by atoms with Crippen molar-refractivity contribution in [2.24, 2.45) is 0 Å². The van der Waals surface area contributed by atoms with Crippen molar-refractivity contribution in [2.75, 3.05) is 13.1 Å². The number of aryl methyl sites for hydroxylation is 1. The lowest BCUT2D eigenvalue weighted by molar-refractivity contribution is -0.142. The molecule has 0 bridgehead atoms. The van der Waals surface area contributed by atoms with Gasteiger partial charge in [0.05, 0.1) is 0 Å². The summed E-state index contributed by atoms with van der Waals surface area (Å²) in [6.45, 7) is 14.6. The van der Waals surface area contributed by atoms with E-state index in [2.05, 4.69) is 24.5 Å². The maximum atomic E-state index is 14.5. The first kappa shape index (κ1) is 33.9. The normalized spacial score (nSPS) is 12.8. The molecule has 7 nitrogen and oxygen atoms in total. The van der Waals surface area contributed by atoms with Gasteiger partial charge < -0.3 is 20.3 Å². The van der Waals surface area contributed by atoms with E-state index in [4.69, 9.17) is 4.74 Å². The number of hydrogen-bond donors (Lipinski definition) is 2. The Balaban J connectivity index is 2.56. The van der Waals surface area contributed by atoms with Crippen LogP contribution in [0.15, 0.2) is 48.5 Å². The number of carbonyl (C=O) groups is 3. The van der Waals surface area contributed by atoms with Gasteiger partial charge in [0.2, 0.25) is 11.8 Å². The number of amides is 3. The molecule has 0 heterocycles. The minimum absolute atomic E-state index is 0.199. The van der Waals surface area contributed by atoms with Gasteiger partial charge in [0.25, 0.3) is 0 Å².